The van der Waals surface area contributed by atoms with E-state index in [1.54, 1.807) is 0 Å². The number of hydrogen-bond donors (Lipinski definition) is 1. The molecule has 0 aromatic heterocycles. The first-order chi connectivity index (χ1) is 9.49. The lowest BCUT2D eigenvalue weighted by molar-refractivity contribution is -0.136. The fourth-order valence-electron chi connectivity index (χ4n) is 3.01. The molecule has 1 aromatic carbocycles. The monoisotopic (exact) mass is 274 g/mol. The predicted molar refractivity (Wildman–Crippen MR) is 83.5 cm³/mol. The first-order valence-corrected chi connectivity index (χ1v) is 7.64. The van der Waals surface area contributed by atoms with Crippen LogP contribution < -0.4 is 5.73 Å². The van der Waals surface area contributed by atoms with E-state index in [1.807, 2.05) is 24.3 Å². The second kappa shape index (κ2) is 6.29. The lowest BCUT2D eigenvalue weighted by Crippen LogP contribution is -2.46. The molecule has 2 N–H and O–H groups in total. The van der Waals surface area contributed by atoms with Gasteiger partial charge in [-0.25, -0.2) is 0 Å². The number of hydrogen-bond acceptors (Lipinski definition) is 2. The van der Waals surface area contributed by atoms with Crippen molar-refractivity contribution in [2.45, 2.75) is 52.0 Å². The molecular weight excluding hydrogens is 248 g/mol. The Balaban J connectivity index is 1.98. The van der Waals surface area contributed by atoms with Crippen molar-refractivity contribution in [1.29, 1.82) is 0 Å². The van der Waals surface area contributed by atoms with Crippen molar-refractivity contribution in [3.05, 3.63) is 29.8 Å². The molecule has 1 heterocycles. The van der Waals surface area contributed by atoms with Crippen LogP contribution in [0, 0.1) is 5.92 Å². The first kappa shape index (κ1) is 14.9. The van der Waals surface area contributed by atoms with Gasteiger partial charge in [-0.15, -0.1) is 0 Å². The standard InChI is InChI=1S/C17H26N2O/c1-12-5-4-10-19(14(12)3)17(20)11-13(2)15-6-8-16(18)9-7-15/h6-9,12-14H,4-5,10-11,18H2,1-3H3. The second-order valence-corrected chi connectivity index (χ2v) is 6.22. The van der Waals surface area contributed by atoms with Gasteiger partial charge >= 0.3 is 0 Å². The van der Waals surface area contributed by atoms with Crippen LogP contribution in [-0.4, -0.2) is 23.4 Å². The zero-order chi connectivity index (χ0) is 14.7. The number of nitrogens with zero attached hydrogens (tertiary/aromatic N) is 1. The quantitative estimate of drug-likeness (QED) is 0.859. The number of nitrogen functional groups attached to an aromatic ring is 1. The van der Waals surface area contributed by atoms with Gasteiger partial charge in [0.15, 0.2) is 0 Å². The van der Waals surface area contributed by atoms with Crippen molar-refractivity contribution in [1.82, 2.24) is 4.90 Å². The summed E-state index contributed by atoms with van der Waals surface area (Å²) in [7, 11) is 0. The summed E-state index contributed by atoms with van der Waals surface area (Å²) in [5.41, 5.74) is 7.66. The van der Waals surface area contributed by atoms with Gasteiger partial charge < -0.3 is 10.6 Å². The predicted octanol–water partition coefficient (Wildman–Crippen LogP) is 3.41. The Morgan fingerprint density at radius 3 is 2.65 bits per heavy atom. The Morgan fingerprint density at radius 2 is 2.00 bits per heavy atom. The summed E-state index contributed by atoms with van der Waals surface area (Å²) in [5.74, 6) is 1.14. The van der Waals surface area contributed by atoms with E-state index in [2.05, 4.69) is 25.7 Å². The molecule has 110 valence electrons. The fraction of sp³-hybridized carbons (Fsp3) is 0.588. The van der Waals surface area contributed by atoms with Crippen molar-refractivity contribution in [2.24, 2.45) is 5.92 Å². The number of nitrogens with two attached hydrogens (primary N) is 1. The molecule has 0 aliphatic carbocycles. The van der Waals surface area contributed by atoms with Crippen LogP contribution in [-0.2, 0) is 4.79 Å². The van der Waals surface area contributed by atoms with E-state index >= 15 is 0 Å². The second-order valence-electron chi connectivity index (χ2n) is 6.22. The molecule has 20 heavy (non-hydrogen) atoms. The number of anilines is 1. The van der Waals surface area contributed by atoms with Gasteiger partial charge in [0.25, 0.3) is 0 Å². The van der Waals surface area contributed by atoms with Gasteiger partial charge in [-0.3, -0.25) is 4.79 Å². The van der Waals surface area contributed by atoms with Gasteiger partial charge in [0.2, 0.25) is 5.91 Å². The van der Waals surface area contributed by atoms with Crippen LogP contribution in [0.3, 0.4) is 0 Å². The normalized spacial score (nSPS) is 24.4. The number of likely N-dealkylation sites (tertiary alicyclic amines) is 1. The lowest BCUT2D eigenvalue weighted by Gasteiger charge is -2.38. The highest BCUT2D eigenvalue weighted by Crippen LogP contribution is 2.26. The average Bonchev–Trinajstić information content (AvgIpc) is 2.42. The van der Waals surface area contributed by atoms with E-state index in [-0.39, 0.29) is 11.8 Å². The van der Waals surface area contributed by atoms with Crippen LogP contribution in [0.1, 0.15) is 51.5 Å². The number of piperidine rings is 1. The minimum Gasteiger partial charge on any atom is -0.399 e. The van der Waals surface area contributed by atoms with Crippen LogP contribution in [0.5, 0.6) is 0 Å². The maximum atomic E-state index is 12.5. The van der Waals surface area contributed by atoms with Gasteiger partial charge in [-0.2, -0.15) is 0 Å². The molecule has 3 atom stereocenters. The highest BCUT2D eigenvalue weighted by Gasteiger charge is 2.28. The minimum atomic E-state index is 0.243. The molecule has 0 radical (unpaired) electrons. The molecule has 1 amide bonds. The third-order valence-corrected chi connectivity index (χ3v) is 4.68. The summed E-state index contributed by atoms with van der Waals surface area (Å²) in [5, 5.41) is 0. The highest BCUT2D eigenvalue weighted by molar-refractivity contribution is 5.77. The SMILES string of the molecule is CC(CC(=O)N1CCCC(C)C1C)c1ccc(N)cc1. The van der Waals surface area contributed by atoms with E-state index in [0.717, 1.165) is 18.7 Å². The average molecular weight is 274 g/mol. The summed E-state index contributed by atoms with van der Waals surface area (Å²) in [6, 6.07) is 8.23. The van der Waals surface area contributed by atoms with Crippen LogP contribution in [0.2, 0.25) is 0 Å². The molecule has 0 spiro atoms. The van der Waals surface area contributed by atoms with Gasteiger partial charge in [-0.1, -0.05) is 26.0 Å². The molecular formula is C17H26N2O. The van der Waals surface area contributed by atoms with E-state index < -0.39 is 0 Å². The Hall–Kier alpha value is -1.51. The number of amides is 1. The molecule has 1 aliphatic heterocycles. The molecule has 3 nitrogen and oxygen atoms in total. The van der Waals surface area contributed by atoms with Crippen molar-refractivity contribution in [3.8, 4) is 0 Å². The molecule has 2 rings (SSSR count). The van der Waals surface area contributed by atoms with Crippen LogP contribution >= 0.6 is 0 Å². The molecule has 3 unspecified atom stereocenters. The summed E-state index contributed by atoms with van der Waals surface area (Å²) in [6.45, 7) is 7.45. The van der Waals surface area contributed by atoms with Crippen molar-refractivity contribution >= 4 is 11.6 Å². The van der Waals surface area contributed by atoms with Crippen molar-refractivity contribution < 1.29 is 4.79 Å². The Kier molecular flexibility index (Phi) is 4.69. The smallest absolute Gasteiger partial charge is 0.223 e. The minimum absolute atomic E-state index is 0.243. The van der Waals surface area contributed by atoms with Crippen molar-refractivity contribution in [3.63, 3.8) is 0 Å². The maximum Gasteiger partial charge on any atom is 0.223 e. The van der Waals surface area contributed by atoms with Crippen LogP contribution in [0.4, 0.5) is 5.69 Å². The third kappa shape index (κ3) is 3.33. The Labute approximate surface area is 122 Å². The van der Waals surface area contributed by atoms with Crippen LogP contribution in [0.15, 0.2) is 24.3 Å². The zero-order valence-electron chi connectivity index (χ0n) is 12.8. The Bertz CT molecular complexity index is 455. The molecule has 3 heteroatoms. The van der Waals surface area contributed by atoms with E-state index in [9.17, 15) is 4.79 Å². The topological polar surface area (TPSA) is 46.3 Å². The zero-order valence-corrected chi connectivity index (χ0v) is 12.8. The number of carbonyl (C=O) groups is 1. The molecule has 1 fully saturated rings. The fourth-order valence-corrected chi connectivity index (χ4v) is 3.01. The van der Waals surface area contributed by atoms with Gasteiger partial charge in [0, 0.05) is 24.7 Å². The lowest BCUT2D eigenvalue weighted by atomic mass is 9.90. The summed E-state index contributed by atoms with van der Waals surface area (Å²) >= 11 is 0. The first-order valence-electron chi connectivity index (χ1n) is 7.64. The molecule has 0 bridgehead atoms. The van der Waals surface area contributed by atoms with Gasteiger partial charge in [-0.05, 0) is 49.3 Å². The molecule has 1 saturated heterocycles. The number of carbonyl (C=O) groups excluding carboxylic acids is 1. The van der Waals surface area contributed by atoms with E-state index in [4.69, 9.17) is 5.73 Å². The summed E-state index contributed by atoms with van der Waals surface area (Å²) in [4.78, 5) is 14.6. The molecule has 1 aromatic rings. The maximum absolute atomic E-state index is 12.5. The summed E-state index contributed by atoms with van der Waals surface area (Å²) < 4.78 is 0. The number of rotatable bonds is 3. The summed E-state index contributed by atoms with van der Waals surface area (Å²) in [6.07, 6.45) is 2.95. The largest absolute Gasteiger partial charge is 0.399 e. The highest BCUT2D eigenvalue weighted by atomic mass is 16.2. The van der Waals surface area contributed by atoms with E-state index in [1.165, 1.54) is 12.0 Å². The third-order valence-electron chi connectivity index (χ3n) is 4.68. The van der Waals surface area contributed by atoms with Crippen LogP contribution in [0.25, 0.3) is 0 Å². The van der Waals surface area contributed by atoms with E-state index in [0.29, 0.717) is 18.4 Å². The Morgan fingerprint density at radius 1 is 1.35 bits per heavy atom. The number of benzene rings is 1. The molecule has 1 aliphatic rings. The van der Waals surface area contributed by atoms with Gasteiger partial charge in [0.05, 0.1) is 0 Å². The molecule has 0 saturated carbocycles. The van der Waals surface area contributed by atoms with Gasteiger partial charge in [0.1, 0.15) is 0 Å². The van der Waals surface area contributed by atoms with Crippen molar-refractivity contribution in [2.75, 3.05) is 12.3 Å².